The van der Waals surface area contributed by atoms with E-state index < -0.39 is 18.6 Å². The second-order valence-electron chi connectivity index (χ2n) is 3.06. The fraction of sp³-hybridized carbons (Fsp3) is 0.778. The lowest BCUT2D eigenvalue weighted by Crippen LogP contribution is -2.36. The fourth-order valence-electron chi connectivity index (χ4n) is 0.987. The molecule has 0 aromatic rings. The van der Waals surface area contributed by atoms with Crippen LogP contribution in [0.25, 0.3) is 0 Å². The van der Waals surface area contributed by atoms with Gasteiger partial charge in [0.15, 0.2) is 0 Å². The molecule has 0 aliphatic rings. The summed E-state index contributed by atoms with van der Waals surface area (Å²) >= 11 is 0. The van der Waals surface area contributed by atoms with Crippen molar-refractivity contribution in [3.05, 3.63) is 0 Å². The Bertz CT molecular complexity index is 183. The van der Waals surface area contributed by atoms with E-state index in [-0.39, 0.29) is 0 Å². The lowest BCUT2D eigenvalue weighted by atomic mass is 10.2. The summed E-state index contributed by atoms with van der Waals surface area (Å²) in [6.45, 7) is 3.01. The van der Waals surface area contributed by atoms with Crippen molar-refractivity contribution in [3.8, 4) is 12.3 Å². The predicted octanol–water partition coefficient (Wildman–Crippen LogP) is 1.14. The van der Waals surface area contributed by atoms with Crippen LogP contribution < -0.4 is 10.6 Å². The molecule has 0 saturated heterocycles. The minimum atomic E-state index is -4.10. The van der Waals surface area contributed by atoms with Crippen molar-refractivity contribution < 1.29 is 13.2 Å². The highest BCUT2D eigenvalue weighted by Crippen LogP contribution is 2.20. The summed E-state index contributed by atoms with van der Waals surface area (Å²) < 4.78 is 35.6. The third-order valence-corrected chi connectivity index (χ3v) is 1.56. The normalized spacial score (nSPS) is 13.6. The van der Waals surface area contributed by atoms with Crippen LogP contribution in [0.1, 0.15) is 13.3 Å². The van der Waals surface area contributed by atoms with Crippen molar-refractivity contribution in [2.24, 2.45) is 0 Å². The van der Waals surface area contributed by atoms with E-state index in [9.17, 15) is 13.2 Å². The second kappa shape index (κ2) is 6.68. The first-order valence-electron chi connectivity index (χ1n) is 4.40. The van der Waals surface area contributed by atoms with Crippen molar-refractivity contribution in [1.29, 1.82) is 0 Å². The van der Waals surface area contributed by atoms with Crippen LogP contribution in [0.2, 0.25) is 0 Å². The van der Waals surface area contributed by atoms with Crippen LogP contribution >= 0.6 is 0 Å². The highest BCUT2D eigenvalue weighted by Gasteiger charge is 2.29. The number of halogens is 3. The second-order valence-corrected chi connectivity index (χ2v) is 3.06. The van der Waals surface area contributed by atoms with Gasteiger partial charge in [0.1, 0.15) is 0 Å². The zero-order valence-corrected chi connectivity index (χ0v) is 8.12. The molecule has 0 rings (SSSR count). The molecule has 0 saturated carbocycles. The van der Waals surface area contributed by atoms with E-state index in [1.54, 1.807) is 0 Å². The predicted molar refractivity (Wildman–Crippen MR) is 49.8 cm³/mol. The van der Waals surface area contributed by atoms with Crippen LogP contribution in [0.3, 0.4) is 0 Å². The zero-order valence-electron chi connectivity index (χ0n) is 8.12. The Hall–Kier alpha value is -0.730. The minimum Gasteiger partial charge on any atom is -0.313 e. The van der Waals surface area contributed by atoms with Gasteiger partial charge in [0.25, 0.3) is 0 Å². The number of rotatable bonds is 6. The number of nitrogens with one attached hydrogen (secondary N) is 2. The summed E-state index contributed by atoms with van der Waals surface area (Å²) in [6.07, 6.45) is 0.0701. The third kappa shape index (κ3) is 9.36. The quantitative estimate of drug-likeness (QED) is 0.505. The summed E-state index contributed by atoms with van der Waals surface area (Å²) in [7, 11) is 0. The topological polar surface area (TPSA) is 24.1 Å². The van der Waals surface area contributed by atoms with E-state index in [1.165, 1.54) is 6.92 Å². The Morgan fingerprint density at radius 3 is 2.50 bits per heavy atom. The van der Waals surface area contributed by atoms with Gasteiger partial charge < -0.3 is 10.6 Å². The van der Waals surface area contributed by atoms with Crippen molar-refractivity contribution in [2.75, 3.05) is 19.6 Å². The van der Waals surface area contributed by atoms with Gasteiger partial charge in [-0.3, -0.25) is 0 Å². The van der Waals surface area contributed by atoms with Gasteiger partial charge in [-0.25, -0.2) is 0 Å². The van der Waals surface area contributed by atoms with Gasteiger partial charge in [-0.1, -0.05) is 5.92 Å². The van der Waals surface area contributed by atoms with Crippen LogP contribution in [-0.2, 0) is 0 Å². The van der Waals surface area contributed by atoms with E-state index in [0.717, 1.165) is 0 Å². The Balaban J connectivity index is 3.37. The monoisotopic (exact) mass is 208 g/mol. The molecule has 0 aliphatic heterocycles. The van der Waals surface area contributed by atoms with E-state index in [4.69, 9.17) is 6.42 Å². The molecule has 5 heteroatoms. The number of hydrogen-bond donors (Lipinski definition) is 2. The summed E-state index contributed by atoms with van der Waals surface area (Å²) in [5, 5.41) is 5.62. The first-order chi connectivity index (χ1) is 6.45. The molecule has 0 spiro atoms. The minimum absolute atomic E-state index is 0.440. The van der Waals surface area contributed by atoms with Crippen LogP contribution in [0.4, 0.5) is 13.2 Å². The van der Waals surface area contributed by atoms with Crippen LogP contribution in [0.5, 0.6) is 0 Å². The molecule has 0 amide bonds. The smallest absolute Gasteiger partial charge is 0.313 e. The summed E-state index contributed by atoms with van der Waals surface area (Å²) in [6, 6.07) is -0.553. The van der Waals surface area contributed by atoms with E-state index >= 15 is 0 Å². The average Bonchev–Trinajstić information content (AvgIpc) is 2.00. The van der Waals surface area contributed by atoms with Gasteiger partial charge in [0.2, 0.25) is 0 Å². The molecule has 0 aliphatic carbocycles. The molecule has 1 atom stereocenters. The van der Waals surface area contributed by atoms with Crippen LogP contribution in [-0.4, -0.2) is 31.9 Å². The first kappa shape index (κ1) is 13.3. The van der Waals surface area contributed by atoms with Gasteiger partial charge in [-0.2, -0.15) is 13.2 Å². The van der Waals surface area contributed by atoms with Crippen LogP contribution in [0, 0.1) is 12.3 Å². The Kier molecular flexibility index (Phi) is 6.34. The molecular weight excluding hydrogens is 193 g/mol. The van der Waals surface area contributed by atoms with Crippen molar-refractivity contribution in [3.63, 3.8) is 0 Å². The number of alkyl halides is 3. The number of terminal acetylenes is 1. The number of hydrogen-bond acceptors (Lipinski definition) is 2. The molecule has 0 fully saturated rings. The SMILES string of the molecule is C#CCNCCNC(C)CC(F)(F)F. The highest BCUT2D eigenvalue weighted by molar-refractivity contribution is 4.86. The molecule has 82 valence electrons. The average molecular weight is 208 g/mol. The first-order valence-corrected chi connectivity index (χ1v) is 4.40. The third-order valence-electron chi connectivity index (χ3n) is 1.56. The Morgan fingerprint density at radius 1 is 1.36 bits per heavy atom. The molecule has 2 nitrogen and oxygen atoms in total. The molecule has 0 aromatic carbocycles. The molecule has 0 radical (unpaired) electrons. The van der Waals surface area contributed by atoms with Gasteiger partial charge in [-0.15, -0.1) is 6.42 Å². The molecule has 2 N–H and O–H groups in total. The molecular formula is C9H15F3N2. The van der Waals surface area contributed by atoms with Crippen molar-refractivity contribution in [1.82, 2.24) is 10.6 Å². The summed E-state index contributed by atoms with van der Waals surface area (Å²) in [4.78, 5) is 0. The molecule has 0 aromatic heterocycles. The summed E-state index contributed by atoms with van der Waals surface area (Å²) in [5.41, 5.74) is 0. The van der Waals surface area contributed by atoms with E-state index in [2.05, 4.69) is 16.6 Å². The highest BCUT2D eigenvalue weighted by atomic mass is 19.4. The fourth-order valence-corrected chi connectivity index (χ4v) is 0.987. The maximum absolute atomic E-state index is 11.9. The van der Waals surface area contributed by atoms with E-state index in [0.29, 0.717) is 19.6 Å². The maximum Gasteiger partial charge on any atom is 0.390 e. The Morgan fingerprint density at radius 2 is 2.00 bits per heavy atom. The molecule has 0 bridgehead atoms. The van der Waals surface area contributed by atoms with Gasteiger partial charge in [-0.05, 0) is 6.92 Å². The molecule has 1 unspecified atom stereocenters. The van der Waals surface area contributed by atoms with E-state index in [1.807, 2.05) is 0 Å². The summed E-state index contributed by atoms with van der Waals surface area (Å²) in [5.74, 6) is 2.38. The van der Waals surface area contributed by atoms with Gasteiger partial charge >= 0.3 is 6.18 Å². The maximum atomic E-state index is 11.9. The molecule has 0 heterocycles. The van der Waals surface area contributed by atoms with Crippen molar-refractivity contribution >= 4 is 0 Å². The van der Waals surface area contributed by atoms with Crippen LogP contribution in [0.15, 0.2) is 0 Å². The van der Waals surface area contributed by atoms with Gasteiger partial charge in [0.05, 0.1) is 13.0 Å². The largest absolute Gasteiger partial charge is 0.390 e. The van der Waals surface area contributed by atoms with Crippen molar-refractivity contribution in [2.45, 2.75) is 25.6 Å². The zero-order chi connectivity index (χ0) is 11.0. The molecule has 14 heavy (non-hydrogen) atoms. The lowest BCUT2D eigenvalue weighted by molar-refractivity contribution is -0.138. The van der Waals surface area contributed by atoms with Gasteiger partial charge in [0, 0.05) is 19.1 Å². The standard InChI is InChI=1S/C9H15F3N2/c1-3-4-13-5-6-14-8(2)7-9(10,11)12/h1,8,13-14H,4-7H2,2H3. The Labute approximate surface area is 82.3 Å². The lowest BCUT2D eigenvalue weighted by Gasteiger charge is -2.15.